The maximum absolute atomic E-state index is 10.6. The van der Waals surface area contributed by atoms with Crippen LogP contribution < -0.4 is 5.73 Å². The molecule has 1 aliphatic carbocycles. The minimum absolute atomic E-state index is 0.282. The van der Waals surface area contributed by atoms with E-state index in [0.717, 1.165) is 6.42 Å². The second kappa shape index (κ2) is 4.65. The molecule has 0 heterocycles. The molecule has 0 aliphatic heterocycles. The lowest BCUT2D eigenvalue weighted by molar-refractivity contribution is -0.113. The van der Waals surface area contributed by atoms with Crippen LogP contribution in [0.5, 0.6) is 0 Å². The van der Waals surface area contributed by atoms with Gasteiger partial charge >= 0.3 is 0 Å². The molecule has 84 valence electrons. The molecule has 0 saturated carbocycles. The van der Waals surface area contributed by atoms with E-state index in [2.05, 4.69) is 20.8 Å². The Morgan fingerprint density at radius 2 is 2.20 bits per heavy atom. The minimum atomic E-state index is -0.359. The first-order chi connectivity index (χ1) is 6.93. The van der Waals surface area contributed by atoms with E-state index in [0.29, 0.717) is 0 Å². The fraction of sp³-hybridized carbons (Fsp3) is 0.615. The molecule has 2 nitrogen and oxygen atoms in total. The number of primary amides is 1. The van der Waals surface area contributed by atoms with Crippen LogP contribution in [0.25, 0.3) is 0 Å². The third kappa shape index (κ3) is 3.22. The van der Waals surface area contributed by atoms with Crippen molar-refractivity contribution in [2.75, 3.05) is 0 Å². The van der Waals surface area contributed by atoms with Gasteiger partial charge in [-0.15, -0.1) is 0 Å². The smallest absolute Gasteiger partial charge is 0.241 e. The highest BCUT2D eigenvalue weighted by Gasteiger charge is 2.27. The maximum atomic E-state index is 10.6. The summed E-state index contributed by atoms with van der Waals surface area (Å²) >= 11 is 0. The lowest BCUT2D eigenvalue weighted by atomic mass is 9.71. The molecule has 2 N–H and O–H groups in total. The quantitative estimate of drug-likeness (QED) is 0.561. The number of carbonyl (C=O) groups excluding carboxylic acids is 1. The van der Waals surface area contributed by atoms with Gasteiger partial charge in [-0.1, -0.05) is 31.1 Å². The summed E-state index contributed by atoms with van der Waals surface area (Å²) in [6, 6.07) is 0. The van der Waals surface area contributed by atoms with Gasteiger partial charge < -0.3 is 5.73 Å². The molecule has 0 saturated heterocycles. The molecule has 2 heteroatoms. The van der Waals surface area contributed by atoms with E-state index < -0.39 is 0 Å². The zero-order valence-electron chi connectivity index (χ0n) is 9.97. The number of rotatable bonds is 3. The van der Waals surface area contributed by atoms with Crippen molar-refractivity contribution in [3.8, 4) is 0 Å². The molecule has 0 bridgehead atoms. The lowest BCUT2D eigenvalue weighted by Gasteiger charge is -2.34. The van der Waals surface area contributed by atoms with Crippen LogP contribution in [-0.2, 0) is 4.79 Å². The summed E-state index contributed by atoms with van der Waals surface area (Å²) in [5.74, 6) is -0.359. The molecule has 0 spiro atoms. The van der Waals surface area contributed by atoms with E-state index in [1.807, 2.05) is 6.08 Å². The number of amides is 1. The standard InChI is InChI=1S/C13H21NO/c1-10-6-5-9-13(2,3)11(10)7-4-8-12(14)15/h4,8H,5-7,9H2,1-3H3,(H2,14,15)/b8-4+. The Labute approximate surface area is 92.2 Å². The molecule has 0 fully saturated rings. The number of hydrogen-bond acceptors (Lipinski definition) is 1. The fourth-order valence-electron chi connectivity index (χ4n) is 2.42. The molecule has 1 rings (SSSR count). The van der Waals surface area contributed by atoms with Crippen LogP contribution in [0.1, 0.15) is 46.5 Å². The van der Waals surface area contributed by atoms with E-state index >= 15 is 0 Å². The Kier molecular flexibility index (Phi) is 3.72. The molecular formula is C13H21NO. The number of nitrogens with two attached hydrogens (primary N) is 1. The number of allylic oxidation sites excluding steroid dienone is 3. The van der Waals surface area contributed by atoms with Crippen molar-refractivity contribution in [2.24, 2.45) is 11.1 Å². The van der Waals surface area contributed by atoms with E-state index in [1.165, 1.54) is 36.5 Å². The molecule has 0 aromatic heterocycles. The fourth-order valence-corrected chi connectivity index (χ4v) is 2.42. The highest BCUT2D eigenvalue weighted by Crippen LogP contribution is 2.41. The molecule has 0 radical (unpaired) electrons. The summed E-state index contributed by atoms with van der Waals surface area (Å²) in [6.45, 7) is 6.76. The van der Waals surface area contributed by atoms with Gasteiger partial charge in [-0.25, -0.2) is 0 Å². The maximum Gasteiger partial charge on any atom is 0.241 e. The van der Waals surface area contributed by atoms with Crippen LogP contribution in [0, 0.1) is 5.41 Å². The number of hydrogen-bond donors (Lipinski definition) is 1. The van der Waals surface area contributed by atoms with Gasteiger partial charge in [0.25, 0.3) is 0 Å². The second-order valence-electron chi connectivity index (χ2n) is 5.01. The average Bonchev–Trinajstić information content (AvgIpc) is 2.09. The zero-order valence-corrected chi connectivity index (χ0v) is 9.97. The number of carbonyl (C=O) groups is 1. The highest BCUT2D eigenvalue weighted by atomic mass is 16.1. The monoisotopic (exact) mass is 207 g/mol. The van der Waals surface area contributed by atoms with Crippen molar-refractivity contribution in [1.29, 1.82) is 0 Å². The van der Waals surface area contributed by atoms with Gasteiger partial charge in [0.2, 0.25) is 5.91 Å². The van der Waals surface area contributed by atoms with Crippen LogP contribution in [0.4, 0.5) is 0 Å². The predicted octanol–water partition coefficient (Wildman–Crippen LogP) is 2.94. The second-order valence-corrected chi connectivity index (χ2v) is 5.01. The van der Waals surface area contributed by atoms with Crippen molar-refractivity contribution in [3.63, 3.8) is 0 Å². The summed E-state index contributed by atoms with van der Waals surface area (Å²) in [6.07, 6.45) is 7.93. The molecule has 0 atom stereocenters. The van der Waals surface area contributed by atoms with Gasteiger partial charge in [0.15, 0.2) is 0 Å². The average molecular weight is 207 g/mol. The van der Waals surface area contributed by atoms with E-state index in [9.17, 15) is 4.79 Å². The summed E-state index contributed by atoms with van der Waals surface area (Å²) in [4.78, 5) is 10.6. The van der Waals surface area contributed by atoms with Crippen molar-refractivity contribution in [1.82, 2.24) is 0 Å². The normalized spacial score (nSPS) is 21.0. The van der Waals surface area contributed by atoms with Gasteiger partial charge in [0, 0.05) is 0 Å². The summed E-state index contributed by atoms with van der Waals surface area (Å²) in [5, 5.41) is 0. The Balaban J connectivity index is 2.76. The van der Waals surface area contributed by atoms with Crippen LogP contribution in [-0.4, -0.2) is 5.91 Å². The van der Waals surface area contributed by atoms with Crippen molar-refractivity contribution >= 4 is 5.91 Å². The van der Waals surface area contributed by atoms with Crippen LogP contribution in [0.2, 0.25) is 0 Å². The Morgan fingerprint density at radius 1 is 1.53 bits per heavy atom. The largest absolute Gasteiger partial charge is 0.366 e. The van der Waals surface area contributed by atoms with Gasteiger partial charge in [-0.05, 0) is 44.1 Å². The SMILES string of the molecule is CC1=C(C/C=C/C(N)=O)C(C)(C)CCC1. The Morgan fingerprint density at radius 3 is 2.73 bits per heavy atom. The third-order valence-electron chi connectivity index (χ3n) is 3.29. The molecule has 15 heavy (non-hydrogen) atoms. The predicted molar refractivity (Wildman–Crippen MR) is 63.3 cm³/mol. The topological polar surface area (TPSA) is 43.1 Å². The van der Waals surface area contributed by atoms with Crippen molar-refractivity contribution < 1.29 is 4.79 Å². The molecule has 0 aromatic carbocycles. The van der Waals surface area contributed by atoms with Crippen molar-refractivity contribution in [3.05, 3.63) is 23.3 Å². The summed E-state index contributed by atoms with van der Waals surface area (Å²) in [7, 11) is 0. The van der Waals surface area contributed by atoms with E-state index in [4.69, 9.17) is 5.73 Å². The molecule has 0 aromatic rings. The van der Waals surface area contributed by atoms with E-state index in [1.54, 1.807) is 0 Å². The summed E-state index contributed by atoms with van der Waals surface area (Å²) < 4.78 is 0. The Bertz CT molecular complexity index is 310. The minimum Gasteiger partial charge on any atom is -0.366 e. The molecule has 0 unspecified atom stereocenters. The van der Waals surface area contributed by atoms with Gasteiger partial charge in [0.05, 0.1) is 0 Å². The van der Waals surface area contributed by atoms with Crippen molar-refractivity contribution in [2.45, 2.75) is 46.5 Å². The first-order valence-electron chi connectivity index (χ1n) is 5.58. The highest BCUT2D eigenvalue weighted by molar-refractivity contribution is 5.85. The molecule has 1 aliphatic rings. The third-order valence-corrected chi connectivity index (χ3v) is 3.29. The van der Waals surface area contributed by atoms with Gasteiger partial charge in [-0.2, -0.15) is 0 Å². The van der Waals surface area contributed by atoms with Crippen LogP contribution in [0.3, 0.4) is 0 Å². The van der Waals surface area contributed by atoms with Crippen LogP contribution >= 0.6 is 0 Å². The van der Waals surface area contributed by atoms with Crippen LogP contribution in [0.15, 0.2) is 23.3 Å². The van der Waals surface area contributed by atoms with Gasteiger partial charge in [0.1, 0.15) is 0 Å². The van der Waals surface area contributed by atoms with Gasteiger partial charge in [-0.3, -0.25) is 4.79 Å². The first-order valence-corrected chi connectivity index (χ1v) is 5.58. The molecular weight excluding hydrogens is 186 g/mol. The van der Waals surface area contributed by atoms with E-state index in [-0.39, 0.29) is 11.3 Å². The lowest BCUT2D eigenvalue weighted by Crippen LogP contribution is -2.20. The molecule has 1 amide bonds. The zero-order chi connectivity index (χ0) is 11.5. The summed E-state index contributed by atoms with van der Waals surface area (Å²) in [5.41, 5.74) is 8.32. The first kappa shape index (κ1) is 12.0. The Hall–Kier alpha value is -1.05.